The van der Waals surface area contributed by atoms with Crippen molar-refractivity contribution in [3.63, 3.8) is 0 Å². The Kier molecular flexibility index (Phi) is 8.62. The molecule has 1 aromatic carbocycles. The zero-order valence-electron chi connectivity index (χ0n) is 19.0. The molecular formula is C24H33N7O. The van der Waals surface area contributed by atoms with Crippen molar-refractivity contribution >= 4 is 28.8 Å². The minimum absolute atomic E-state index is 0.523. The van der Waals surface area contributed by atoms with Crippen molar-refractivity contribution in [2.24, 2.45) is 0 Å². The van der Waals surface area contributed by atoms with Gasteiger partial charge in [-0.15, -0.1) is 13.2 Å². The number of fused-ring (bicyclic) bond motifs is 1. The maximum Gasteiger partial charge on any atom is 0.231 e. The predicted molar refractivity (Wildman–Crippen MR) is 132 cm³/mol. The number of hydrogen-bond acceptors (Lipinski definition) is 8. The number of para-hydroxylation sites is 1. The molecule has 0 spiro atoms. The fraction of sp³-hybridized carbons (Fsp3) is 0.375. The molecule has 170 valence electrons. The highest BCUT2D eigenvalue weighted by molar-refractivity contribution is 5.77. The van der Waals surface area contributed by atoms with Gasteiger partial charge in [0.1, 0.15) is 11.3 Å². The van der Waals surface area contributed by atoms with Crippen molar-refractivity contribution in [3.8, 4) is 0 Å². The van der Waals surface area contributed by atoms with Crippen molar-refractivity contribution in [2.75, 3.05) is 54.8 Å². The van der Waals surface area contributed by atoms with Crippen LogP contribution in [0.2, 0.25) is 0 Å². The van der Waals surface area contributed by atoms with Crippen LogP contribution in [-0.4, -0.2) is 59.1 Å². The quantitative estimate of drug-likeness (QED) is 0.365. The van der Waals surface area contributed by atoms with E-state index in [9.17, 15) is 0 Å². The number of aromatic nitrogens is 3. The molecule has 0 aliphatic carbocycles. The van der Waals surface area contributed by atoms with Gasteiger partial charge in [-0.1, -0.05) is 37.3 Å². The van der Waals surface area contributed by atoms with Crippen molar-refractivity contribution in [1.29, 1.82) is 0 Å². The summed E-state index contributed by atoms with van der Waals surface area (Å²) < 4.78 is 6.00. The third kappa shape index (κ3) is 6.31. The third-order valence-electron chi connectivity index (χ3n) is 5.09. The molecule has 0 radical (unpaired) electrons. The second-order valence-corrected chi connectivity index (χ2v) is 7.32. The normalized spacial score (nSPS) is 11.0. The van der Waals surface area contributed by atoms with Crippen molar-refractivity contribution < 1.29 is 4.42 Å². The van der Waals surface area contributed by atoms with E-state index in [2.05, 4.69) is 74.5 Å². The minimum Gasteiger partial charge on any atom is -0.460 e. The van der Waals surface area contributed by atoms with Gasteiger partial charge in [-0.05, 0) is 25.6 Å². The van der Waals surface area contributed by atoms with Crippen LogP contribution in [0.1, 0.15) is 19.6 Å². The molecule has 0 aliphatic rings. The monoisotopic (exact) mass is 435 g/mol. The topological polar surface area (TPSA) is 82.4 Å². The number of nitrogens with zero attached hydrogens (tertiary/aromatic N) is 5. The summed E-state index contributed by atoms with van der Waals surface area (Å²) >= 11 is 0. The van der Waals surface area contributed by atoms with E-state index in [0.717, 1.165) is 49.5 Å². The highest BCUT2D eigenvalue weighted by Crippen LogP contribution is 2.20. The predicted octanol–water partition coefficient (Wildman–Crippen LogP) is 4.16. The molecule has 0 fully saturated rings. The maximum atomic E-state index is 6.00. The van der Waals surface area contributed by atoms with Gasteiger partial charge in [0.25, 0.3) is 0 Å². The van der Waals surface area contributed by atoms with Crippen LogP contribution in [0.15, 0.2) is 60.1 Å². The largest absolute Gasteiger partial charge is 0.460 e. The van der Waals surface area contributed by atoms with E-state index in [1.165, 1.54) is 0 Å². The Labute approximate surface area is 190 Å². The zero-order chi connectivity index (χ0) is 22.8. The van der Waals surface area contributed by atoms with Crippen LogP contribution in [0, 0.1) is 0 Å². The van der Waals surface area contributed by atoms with Crippen LogP contribution in [0.4, 0.5) is 17.8 Å². The Morgan fingerprint density at radius 3 is 2.22 bits per heavy atom. The summed E-state index contributed by atoms with van der Waals surface area (Å²) in [5.41, 5.74) is 0.929. The van der Waals surface area contributed by atoms with Crippen LogP contribution >= 0.6 is 0 Å². The van der Waals surface area contributed by atoms with E-state index in [4.69, 9.17) is 4.42 Å². The Balaban J connectivity index is 1.69. The molecule has 0 aliphatic heterocycles. The molecule has 0 atom stereocenters. The summed E-state index contributed by atoms with van der Waals surface area (Å²) in [7, 11) is 0. The van der Waals surface area contributed by atoms with Gasteiger partial charge in [-0.25, -0.2) is 0 Å². The lowest BCUT2D eigenvalue weighted by Gasteiger charge is -2.26. The van der Waals surface area contributed by atoms with E-state index >= 15 is 0 Å². The number of anilines is 3. The zero-order valence-corrected chi connectivity index (χ0v) is 19.0. The molecule has 0 saturated carbocycles. The molecule has 3 aromatic rings. The summed E-state index contributed by atoms with van der Waals surface area (Å²) in [6, 6.07) is 10.2. The fourth-order valence-electron chi connectivity index (χ4n) is 3.34. The van der Waals surface area contributed by atoms with Gasteiger partial charge in [0.05, 0.1) is 6.54 Å². The van der Waals surface area contributed by atoms with E-state index in [1.54, 1.807) is 12.2 Å². The number of nitrogens with one attached hydrogen (secondary N) is 2. The summed E-state index contributed by atoms with van der Waals surface area (Å²) in [5.74, 6) is 2.66. The average molecular weight is 436 g/mol. The van der Waals surface area contributed by atoms with E-state index in [0.29, 0.717) is 30.9 Å². The Morgan fingerprint density at radius 1 is 0.938 bits per heavy atom. The first kappa shape index (κ1) is 23.3. The summed E-state index contributed by atoms with van der Waals surface area (Å²) in [4.78, 5) is 18.2. The molecule has 0 bridgehead atoms. The number of rotatable bonds is 14. The van der Waals surface area contributed by atoms with Gasteiger partial charge in [0.15, 0.2) is 0 Å². The highest BCUT2D eigenvalue weighted by Gasteiger charge is 2.15. The number of likely N-dealkylation sites (N-methyl/N-ethyl adjacent to an activating group) is 2. The molecule has 2 heterocycles. The number of hydrogen-bond donors (Lipinski definition) is 2. The molecule has 3 rings (SSSR count). The molecule has 8 nitrogen and oxygen atoms in total. The molecule has 2 aromatic heterocycles. The van der Waals surface area contributed by atoms with E-state index in [1.807, 2.05) is 18.2 Å². The molecule has 0 unspecified atom stereocenters. The SMILES string of the molecule is C=CCNc1nc(NCC=C)nc(N(CC)CCN(CC)Cc2cc3ccccc3o2)n1. The molecule has 8 heteroatoms. The lowest BCUT2D eigenvalue weighted by atomic mass is 10.2. The second-order valence-electron chi connectivity index (χ2n) is 7.32. The average Bonchev–Trinajstić information content (AvgIpc) is 3.23. The van der Waals surface area contributed by atoms with Gasteiger partial charge in [0.2, 0.25) is 17.8 Å². The Hall–Kier alpha value is -3.39. The van der Waals surface area contributed by atoms with Crippen LogP contribution < -0.4 is 15.5 Å². The minimum atomic E-state index is 0.523. The van der Waals surface area contributed by atoms with Crippen LogP contribution in [0.5, 0.6) is 0 Å². The standard InChI is InChI=1S/C24H33N7O/c1-5-13-25-22-27-23(26-14-6-2)29-24(28-22)31(8-4)16-15-30(7-3)18-20-17-19-11-9-10-12-21(19)32-20/h5-6,9-12,17H,1-2,7-8,13-16,18H2,3-4H3,(H2,25,26,27,28,29). The van der Waals surface area contributed by atoms with Gasteiger partial charge >= 0.3 is 0 Å². The summed E-state index contributed by atoms with van der Waals surface area (Å²) in [6.07, 6.45) is 3.55. The lowest BCUT2D eigenvalue weighted by Crippen LogP contribution is -2.36. The summed E-state index contributed by atoms with van der Waals surface area (Å²) in [5, 5.41) is 7.45. The number of furan rings is 1. The van der Waals surface area contributed by atoms with E-state index in [-0.39, 0.29) is 0 Å². The highest BCUT2D eigenvalue weighted by atomic mass is 16.3. The van der Waals surface area contributed by atoms with Gasteiger partial charge in [-0.3, -0.25) is 4.90 Å². The maximum absolute atomic E-state index is 6.00. The molecular weight excluding hydrogens is 402 g/mol. The number of benzene rings is 1. The van der Waals surface area contributed by atoms with Gasteiger partial charge < -0.3 is 20.0 Å². The Bertz CT molecular complexity index is 953. The van der Waals surface area contributed by atoms with Gasteiger partial charge in [-0.2, -0.15) is 15.0 Å². The first-order valence-electron chi connectivity index (χ1n) is 11.1. The first-order valence-corrected chi connectivity index (χ1v) is 11.1. The smallest absolute Gasteiger partial charge is 0.231 e. The fourth-order valence-corrected chi connectivity index (χ4v) is 3.34. The van der Waals surface area contributed by atoms with Crippen molar-refractivity contribution in [2.45, 2.75) is 20.4 Å². The van der Waals surface area contributed by atoms with Crippen LogP contribution in [0.3, 0.4) is 0 Å². The lowest BCUT2D eigenvalue weighted by molar-refractivity contribution is 0.263. The van der Waals surface area contributed by atoms with Crippen molar-refractivity contribution in [3.05, 3.63) is 61.4 Å². The van der Waals surface area contributed by atoms with Gasteiger partial charge in [0, 0.05) is 38.1 Å². The third-order valence-corrected chi connectivity index (χ3v) is 5.09. The Morgan fingerprint density at radius 2 is 1.62 bits per heavy atom. The summed E-state index contributed by atoms with van der Waals surface area (Å²) in [6.45, 7) is 17.0. The molecule has 0 amide bonds. The molecule has 0 saturated heterocycles. The second kappa shape index (κ2) is 11.9. The molecule has 2 N–H and O–H groups in total. The first-order chi connectivity index (χ1) is 15.7. The van der Waals surface area contributed by atoms with Crippen LogP contribution in [0.25, 0.3) is 11.0 Å². The van der Waals surface area contributed by atoms with Crippen molar-refractivity contribution in [1.82, 2.24) is 19.9 Å². The van der Waals surface area contributed by atoms with Crippen LogP contribution in [-0.2, 0) is 6.54 Å². The molecule has 32 heavy (non-hydrogen) atoms. The van der Waals surface area contributed by atoms with E-state index < -0.39 is 0 Å².